The molecule has 0 radical (unpaired) electrons. The zero-order chi connectivity index (χ0) is 21.3. The Morgan fingerprint density at radius 2 is 1.73 bits per heavy atom. The first-order valence-corrected chi connectivity index (χ1v) is 10.4. The molecule has 1 aliphatic rings. The van der Waals surface area contributed by atoms with E-state index >= 15 is 0 Å². The van der Waals surface area contributed by atoms with Gasteiger partial charge in [-0.25, -0.2) is 0 Å². The van der Waals surface area contributed by atoms with Gasteiger partial charge in [0.05, 0.1) is 16.4 Å². The molecule has 1 fully saturated rings. The maximum atomic E-state index is 12.7. The molecule has 2 heterocycles. The predicted molar refractivity (Wildman–Crippen MR) is 116 cm³/mol. The van der Waals surface area contributed by atoms with Gasteiger partial charge in [0.15, 0.2) is 0 Å². The molecule has 30 heavy (non-hydrogen) atoms. The molecule has 2 aromatic carbocycles. The quantitative estimate of drug-likeness (QED) is 0.256. The van der Waals surface area contributed by atoms with E-state index in [0.29, 0.717) is 17.1 Å². The summed E-state index contributed by atoms with van der Waals surface area (Å²) in [4.78, 5) is 36.6. The largest absolute Gasteiger partial charge is 0.457 e. The molecule has 4 rings (SSSR count). The molecule has 7 nitrogen and oxygen atoms in total. The second kappa shape index (κ2) is 8.29. The van der Waals surface area contributed by atoms with E-state index in [2.05, 4.69) is 15.9 Å². The average molecular weight is 485 g/mol. The number of carbonyl (C=O) groups is 2. The average Bonchev–Trinajstić information content (AvgIpc) is 3.29. The van der Waals surface area contributed by atoms with Gasteiger partial charge in [0, 0.05) is 28.2 Å². The number of nitro benzene ring substituents is 1. The number of hydrogen-bond donors (Lipinski definition) is 0. The van der Waals surface area contributed by atoms with Crippen molar-refractivity contribution in [3.05, 3.63) is 91.5 Å². The number of nitro groups is 1. The summed E-state index contributed by atoms with van der Waals surface area (Å²) in [6, 6.07) is 16.9. The standard InChI is InChI=1S/C21H13BrN2O5S/c22-15-5-3-14(4-6-15)18-10-9-17(29-18)11-19-20(25)23(21(26)30-19)12-13-1-7-16(8-2-13)24(27)28/h1-11H,12H2/b19-11-. The van der Waals surface area contributed by atoms with Crippen molar-refractivity contribution in [2.75, 3.05) is 0 Å². The lowest BCUT2D eigenvalue weighted by Crippen LogP contribution is -2.27. The number of nitrogens with zero attached hydrogens (tertiary/aromatic N) is 2. The third-order valence-electron chi connectivity index (χ3n) is 4.39. The molecule has 3 aromatic rings. The Bertz CT molecular complexity index is 1170. The van der Waals surface area contributed by atoms with E-state index < -0.39 is 16.1 Å². The number of imide groups is 1. The summed E-state index contributed by atoms with van der Waals surface area (Å²) in [5.41, 5.74) is 1.47. The van der Waals surface area contributed by atoms with Crippen molar-refractivity contribution in [1.82, 2.24) is 4.90 Å². The maximum Gasteiger partial charge on any atom is 0.293 e. The molecular weight excluding hydrogens is 472 g/mol. The molecular formula is C21H13BrN2O5S. The Balaban J connectivity index is 1.50. The van der Waals surface area contributed by atoms with Gasteiger partial charge < -0.3 is 4.42 Å². The molecule has 1 aromatic heterocycles. The Morgan fingerprint density at radius 3 is 2.40 bits per heavy atom. The molecule has 0 atom stereocenters. The third-order valence-corrected chi connectivity index (χ3v) is 5.83. The lowest BCUT2D eigenvalue weighted by atomic mass is 10.2. The van der Waals surface area contributed by atoms with Crippen molar-refractivity contribution in [1.29, 1.82) is 0 Å². The molecule has 0 unspecified atom stereocenters. The van der Waals surface area contributed by atoms with Crippen molar-refractivity contribution in [3.8, 4) is 11.3 Å². The zero-order valence-corrected chi connectivity index (χ0v) is 17.7. The van der Waals surface area contributed by atoms with E-state index in [0.717, 1.165) is 26.7 Å². The van der Waals surface area contributed by atoms with Gasteiger partial charge in [-0.3, -0.25) is 24.6 Å². The van der Waals surface area contributed by atoms with Gasteiger partial charge in [0.1, 0.15) is 11.5 Å². The number of benzene rings is 2. The lowest BCUT2D eigenvalue weighted by Gasteiger charge is -2.12. The Labute approximate surface area is 183 Å². The van der Waals surface area contributed by atoms with Gasteiger partial charge in [-0.05, 0) is 41.6 Å². The summed E-state index contributed by atoms with van der Waals surface area (Å²) >= 11 is 4.22. The van der Waals surface area contributed by atoms with Crippen LogP contribution in [0.2, 0.25) is 0 Å². The SMILES string of the molecule is O=C1S/C(=C\c2ccc(-c3ccc(Br)cc3)o2)C(=O)N1Cc1ccc([N+](=O)[O-])cc1. The van der Waals surface area contributed by atoms with Gasteiger partial charge in [0.2, 0.25) is 0 Å². The van der Waals surface area contributed by atoms with Gasteiger partial charge in [-0.15, -0.1) is 0 Å². The van der Waals surface area contributed by atoms with Gasteiger partial charge >= 0.3 is 0 Å². The number of rotatable bonds is 5. The fraction of sp³-hybridized carbons (Fsp3) is 0.0476. The van der Waals surface area contributed by atoms with E-state index in [1.165, 1.54) is 24.3 Å². The highest BCUT2D eigenvalue weighted by atomic mass is 79.9. The molecule has 0 N–H and O–H groups in total. The molecule has 150 valence electrons. The summed E-state index contributed by atoms with van der Waals surface area (Å²) in [5.74, 6) is 0.692. The zero-order valence-electron chi connectivity index (χ0n) is 15.3. The molecule has 2 amide bonds. The monoisotopic (exact) mass is 484 g/mol. The first-order valence-electron chi connectivity index (χ1n) is 8.75. The summed E-state index contributed by atoms with van der Waals surface area (Å²) in [6.45, 7) is 0.0439. The van der Waals surface area contributed by atoms with Gasteiger partial charge in [0.25, 0.3) is 16.8 Å². The number of carbonyl (C=O) groups excluding carboxylic acids is 2. The van der Waals surface area contributed by atoms with Crippen LogP contribution in [-0.2, 0) is 11.3 Å². The highest BCUT2D eigenvalue weighted by Crippen LogP contribution is 2.34. The van der Waals surface area contributed by atoms with Crippen LogP contribution < -0.4 is 0 Å². The molecule has 0 spiro atoms. The van der Waals surface area contributed by atoms with Crippen LogP contribution in [0.3, 0.4) is 0 Å². The van der Waals surface area contributed by atoms with Gasteiger partial charge in [-0.1, -0.05) is 40.2 Å². The van der Waals surface area contributed by atoms with Crippen LogP contribution in [0.4, 0.5) is 10.5 Å². The van der Waals surface area contributed by atoms with E-state index in [9.17, 15) is 19.7 Å². The minimum atomic E-state index is -0.501. The summed E-state index contributed by atoms with van der Waals surface area (Å²) in [5, 5.41) is 10.4. The van der Waals surface area contributed by atoms with Crippen molar-refractivity contribution in [2.45, 2.75) is 6.54 Å². The number of hydrogen-bond acceptors (Lipinski definition) is 6. The number of thioether (sulfide) groups is 1. The van der Waals surface area contributed by atoms with E-state index in [4.69, 9.17) is 4.42 Å². The van der Waals surface area contributed by atoms with E-state index in [1.54, 1.807) is 18.2 Å². The lowest BCUT2D eigenvalue weighted by molar-refractivity contribution is -0.384. The number of amides is 2. The fourth-order valence-corrected chi connectivity index (χ4v) is 3.95. The highest BCUT2D eigenvalue weighted by Gasteiger charge is 2.35. The molecule has 0 aliphatic carbocycles. The molecule has 0 bridgehead atoms. The van der Waals surface area contributed by atoms with Crippen molar-refractivity contribution in [3.63, 3.8) is 0 Å². The van der Waals surface area contributed by atoms with Crippen LogP contribution in [0, 0.1) is 10.1 Å². The van der Waals surface area contributed by atoms with Crippen molar-refractivity contribution in [2.24, 2.45) is 0 Å². The Morgan fingerprint density at radius 1 is 1.03 bits per heavy atom. The first-order chi connectivity index (χ1) is 14.4. The van der Waals surface area contributed by atoms with Crippen molar-refractivity contribution < 1.29 is 18.9 Å². The topological polar surface area (TPSA) is 93.7 Å². The van der Waals surface area contributed by atoms with Crippen LogP contribution in [0.1, 0.15) is 11.3 Å². The van der Waals surface area contributed by atoms with Crippen LogP contribution in [0.25, 0.3) is 17.4 Å². The van der Waals surface area contributed by atoms with Gasteiger partial charge in [-0.2, -0.15) is 0 Å². The Hall–Kier alpha value is -3.17. The fourth-order valence-electron chi connectivity index (χ4n) is 2.87. The highest BCUT2D eigenvalue weighted by molar-refractivity contribution is 9.10. The van der Waals surface area contributed by atoms with Crippen molar-refractivity contribution >= 4 is 50.6 Å². The minimum Gasteiger partial charge on any atom is -0.457 e. The summed E-state index contributed by atoms with van der Waals surface area (Å²) in [6.07, 6.45) is 1.54. The molecule has 0 saturated carbocycles. The minimum absolute atomic E-state index is 0.0439. The second-order valence-electron chi connectivity index (χ2n) is 6.40. The smallest absolute Gasteiger partial charge is 0.293 e. The Kier molecular flexibility index (Phi) is 5.56. The predicted octanol–water partition coefficient (Wildman–Crippen LogP) is 5.85. The van der Waals surface area contributed by atoms with E-state index in [-0.39, 0.29) is 17.1 Å². The van der Waals surface area contributed by atoms with Crippen LogP contribution >= 0.6 is 27.7 Å². The van der Waals surface area contributed by atoms with Crippen LogP contribution in [0.5, 0.6) is 0 Å². The first kappa shape index (κ1) is 20.1. The number of furan rings is 1. The maximum absolute atomic E-state index is 12.7. The van der Waals surface area contributed by atoms with Crippen LogP contribution in [-0.4, -0.2) is 21.0 Å². The molecule has 1 aliphatic heterocycles. The van der Waals surface area contributed by atoms with E-state index in [1.807, 2.05) is 24.3 Å². The third kappa shape index (κ3) is 4.22. The normalized spacial score (nSPS) is 15.2. The summed E-state index contributed by atoms with van der Waals surface area (Å²) in [7, 11) is 0. The van der Waals surface area contributed by atoms with Crippen LogP contribution in [0.15, 0.2) is 74.5 Å². The number of halogens is 1. The summed E-state index contributed by atoms with van der Waals surface area (Å²) < 4.78 is 6.75. The second-order valence-corrected chi connectivity index (χ2v) is 8.31. The molecule has 1 saturated heterocycles. The number of non-ortho nitro benzene ring substituents is 1. The molecule has 9 heteroatoms.